The highest BCUT2D eigenvalue weighted by Crippen LogP contribution is 2.43. The van der Waals surface area contributed by atoms with Crippen LogP contribution >= 0.6 is 0 Å². The van der Waals surface area contributed by atoms with Gasteiger partial charge in [0.2, 0.25) is 10.0 Å². The normalized spacial score (nSPS) is 13.5. The van der Waals surface area contributed by atoms with Crippen LogP contribution < -0.4 is 14.6 Å². The largest absolute Gasteiger partial charge is 0.454 e. The minimum Gasteiger partial charge on any atom is -0.454 e. The summed E-state index contributed by atoms with van der Waals surface area (Å²) in [6, 6.07) is 9.92. The highest BCUT2D eigenvalue weighted by molar-refractivity contribution is 7.92. The predicted octanol–water partition coefficient (Wildman–Crippen LogP) is 4.32. The molecule has 34 heavy (non-hydrogen) atoms. The molecule has 0 aliphatic carbocycles. The number of anilines is 1. The van der Waals surface area contributed by atoms with Gasteiger partial charge >= 0.3 is 0 Å². The molecule has 1 N–H and O–H groups in total. The van der Waals surface area contributed by atoms with E-state index in [0.717, 1.165) is 12.1 Å². The molecule has 1 aliphatic rings. The van der Waals surface area contributed by atoms with E-state index in [1.165, 1.54) is 14.9 Å². The zero-order valence-corrected chi connectivity index (χ0v) is 19.2. The Morgan fingerprint density at radius 3 is 2.62 bits per heavy atom. The van der Waals surface area contributed by atoms with Crippen LogP contribution in [0, 0.1) is 11.6 Å². The van der Waals surface area contributed by atoms with Crippen LogP contribution in [0.2, 0.25) is 0 Å². The van der Waals surface area contributed by atoms with E-state index in [1.54, 1.807) is 38.4 Å². The van der Waals surface area contributed by atoms with Crippen molar-refractivity contribution in [1.29, 1.82) is 0 Å². The number of rotatable bonds is 5. The van der Waals surface area contributed by atoms with Crippen molar-refractivity contribution in [3.8, 4) is 22.8 Å². The summed E-state index contributed by atoms with van der Waals surface area (Å²) in [6.07, 6.45) is 2.03. The monoisotopic (exact) mass is 485 g/mol. The minimum absolute atomic E-state index is 0.0900. The van der Waals surface area contributed by atoms with Gasteiger partial charge in [-0.15, -0.1) is 0 Å². The quantitative estimate of drug-likeness (QED) is 0.457. The van der Waals surface area contributed by atoms with Crippen molar-refractivity contribution in [3.05, 3.63) is 76.2 Å². The molecule has 0 spiro atoms. The van der Waals surface area contributed by atoms with Crippen molar-refractivity contribution in [3.63, 3.8) is 0 Å². The van der Waals surface area contributed by atoms with E-state index in [0.29, 0.717) is 39.8 Å². The second kappa shape index (κ2) is 7.98. The molecule has 0 atom stereocenters. The van der Waals surface area contributed by atoms with Gasteiger partial charge in [0, 0.05) is 42.4 Å². The third-order valence-corrected chi connectivity index (χ3v) is 7.86. The maximum atomic E-state index is 14.4. The molecule has 0 saturated carbocycles. The van der Waals surface area contributed by atoms with Crippen LogP contribution in [0.4, 0.5) is 14.5 Å². The molecule has 0 amide bonds. The lowest BCUT2D eigenvalue weighted by Gasteiger charge is -2.21. The number of hydrogen-bond donors (Lipinski definition) is 1. The lowest BCUT2D eigenvalue weighted by atomic mass is 10.0. The fraction of sp³-hybridized carbons (Fsp3) is 0.208. The Bertz CT molecular complexity index is 1610. The summed E-state index contributed by atoms with van der Waals surface area (Å²) in [5.74, 6) is -1.65. The number of H-pyrrole nitrogens is 1. The maximum Gasteiger partial charge on any atom is 0.275 e. The van der Waals surface area contributed by atoms with E-state index in [-0.39, 0.29) is 29.4 Å². The summed E-state index contributed by atoms with van der Waals surface area (Å²) >= 11 is 0. The van der Waals surface area contributed by atoms with Crippen LogP contribution in [0.5, 0.6) is 11.5 Å². The van der Waals surface area contributed by atoms with E-state index in [1.807, 2.05) is 6.07 Å². The Balaban J connectivity index is 1.74. The minimum atomic E-state index is -3.58. The van der Waals surface area contributed by atoms with E-state index in [4.69, 9.17) is 4.74 Å². The molecular formula is C24H21F2N3O4S. The number of aromatic nitrogens is 2. The van der Waals surface area contributed by atoms with E-state index in [2.05, 4.69) is 4.98 Å². The smallest absolute Gasteiger partial charge is 0.275 e. The number of fused-ring (bicyclic) bond motifs is 2. The van der Waals surface area contributed by atoms with Crippen LogP contribution in [0.15, 0.2) is 53.5 Å². The Hall–Kier alpha value is -3.66. The molecule has 0 unspecified atom stereocenters. The first-order valence-electron chi connectivity index (χ1n) is 10.7. The highest BCUT2D eigenvalue weighted by atomic mass is 32.2. The third-order valence-electron chi connectivity index (χ3n) is 6.08. The fourth-order valence-electron chi connectivity index (χ4n) is 4.28. The van der Waals surface area contributed by atoms with Gasteiger partial charge < -0.3 is 14.3 Å². The Kier molecular flexibility index (Phi) is 5.20. The molecular weight excluding hydrogens is 464 g/mol. The Morgan fingerprint density at radius 2 is 1.88 bits per heavy atom. The molecule has 7 nitrogen and oxygen atoms in total. The average Bonchev–Trinajstić information content (AvgIpc) is 3.45. The Labute approximate surface area is 194 Å². The number of hydrogen-bond acceptors (Lipinski definition) is 4. The van der Waals surface area contributed by atoms with E-state index >= 15 is 0 Å². The van der Waals surface area contributed by atoms with Crippen LogP contribution in [0.1, 0.15) is 12.5 Å². The van der Waals surface area contributed by atoms with Gasteiger partial charge in [0.15, 0.2) is 11.6 Å². The molecule has 0 bridgehead atoms. The SMILES string of the molecule is CCS(=O)(=O)N1CCc2c(Oc3ccc(F)cc3F)cc(-c3cc4cc[nH]c4c(=O)n3C)cc21. The first-order chi connectivity index (χ1) is 16.2. The van der Waals surface area contributed by atoms with Gasteiger partial charge in [0.1, 0.15) is 17.1 Å². The van der Waals surface area contributed by atoms with Gasteiger partial charge in [-0.25, -0.2) is 17.2 Å². The summed E-state index contributed by atoms with van der Waals surface area (Å²) in [4.78, 5) is 15.8. The summed E-state index contributed by atoms with van der Waals surface area (Å²) in [7, 11) is -1.96. The second-order valence-corrected chi connectivity index (χ2v) is 10.3. The first-order valence-corrected chi connectivity index (χ1v) is 12.3. The topological polar surface area (TPSA) is 84.4 Å². The summed E-state index contributed by atoms with van der Waals surface area (Å²) < 4.78 is 61.9. The number of aromatic amines is 1. The zero-order valence-electron chi connectivity index (χ0n) is 18.4. The zero-order chi connectivity index (χ0) is 24.2. The van der Waals surface area contributed by atoms with Crippen molar-refractivity contribution < 1.29 is 21.9 Å². The van der Waals surface area contributed by atoms with Crippen LogP contribution in [0.25, 0.3) is 22.2 Å². The molecule has 4 aromatic rings. The van der Waals surface area contributed by atoms with Gasteiger partial charge in [-0.2, -0.15) is 0 Å². The molecule has 10 heteroatoms. The first kappa shape index (κ1) is 22.1. The average molecular weight is 486 g/mol. The van der Waals surface area contributed by atoms with Crippen LogP contribution in [-0.4, -0.2) is 30.3 Å². The van der Waals surface area contributed by atoms with Crippen molar-refractivity contribution >= 4 is 26.6 Å². The number of nitrogens with zero attached hydrogens (tertiary/aromatic N) is 2. The number of benzene rings is 2. The molecule has 1 aliphatic heterocycles. The summed E-state index contributed by atoms with van der Waals surface area (Å²) in [5.41, 5.74) is 2.27. The molecule has 5 rings (SSSR count). The maximum absolute atomic E-state index is 14.4. The van der Waals surface area contributed by atoms with Crippen molar-refractivity contribution in [2.75, 3.05) is 16.6 Å². The molecule has 176 valence electrons. The fourth-order valence-corrected chi connectivity index (χ4v) is 5.43. The molecule has 0 fully saturated rings. The van der Waals surface area contributed by atoms with Crippen molar-refractivity contribution in [2.24, 2.45) is 7.05 Å². The predicted molar refractivity (Wildman–Crippen MR) is 126 cm³/mol. The number of sulfonamides is 1. The highest BCUT2D eigenvalue weighted by Gasteiger charge is 2.32. The lowest BCUT2D eigenvalue weighted by Crippen LogP contribution is -2.30. The molecule has 0 radical (unpaired) electrons. The summed E-state index contributed by atoms with van der Waals surface area (Å²) in [6.45, 7) is 1.78. The van der Waals surface area contributed by atoms with E-state index < -0.39 is 21.7 Å². The van der Waals surface area contributed by atoms with Gasteiger partial charge in [0.25, 0.3) is 5.56 Å². The van der Waals surface area contributed by atoms with Crippen LogP contribution in [-0.2, 0) is 23.5 Å². The van der Waals surface area contributed by atoms with Crippen molar-refractivity contribution in [1.82, 2.24) is 9.55 Å². The van der Waals surface area contributed by atoms with E-state index in [9.17, 15) is 22.0 Å². The number of halogens is 2. The van der Waals surface area contributed by atoms with Gasteiger partial charge in [0.05, 0.1) is 17.1 Å². The van der Waals surface area contributed by atoms with Crippen LogP contribution in [0.3, 0.4) is 0 Å². The van der Waals surface area contributed by atoms with Gasteiger partial charge in [-0.05, 0) is 49.7 Å². The number of nitrogens with one attached hydrogen (secondary N) is 1. The number of pyridine rings is 1. The molecule has 2 aromatic carbocycles. The summed E-state index contributed by atoms with van der Waals surface area (Å²) in [5, 5.41) is 0.698. The third kappa shape index (κ3) is 3.54. The van der Waals surface area contributed by atoms with Gasteiger partial charge in [-0.1, -0.05) is 0 Å². The molecule has 0 saturated heterocycles. The standard InChI is InChI=1S/C24H21F2N3O4S/c1-3-34(31,32)29-9-7-17-20(29)11-15(12-22(17)33-21-5-4-16(25)13-18(21)26)19-10-14-6-8-27-23(14)24(30)28(19)2/h4-6,8,10-13,27H,3,7,9H2,1-2H3. The lowest BCUT2D eigenvalue weighted by molar-refractivity contribution is 0.435. The van der Waals surface area contributed by atoms with Crippen molar-refractivity contribution in [2.45, 2.75) is 13.3 Å². The molecule has 3 heterocycles. The molecule has 2 aromatic heterocycles. The Morgan fingerprint density at radius 1 is 1.09 bits per heavy atom. The number of ether oxygens (including phenoxy) is 1. The second-order valence-electron chi connectivity index (χ2n) is 8.07. The van der Waals surface area contributed by atoms with Gasteiger partial charge in [-0.3, -0.25) is 9.10 Å².